The first kappa shape index (κ1) is 21.0. The molecule has 1 aromatic carbocycles. The molecule has 0 aliphatic carbocycles. The molecule has 2 unspecified atom stereocenters. The van der Waals surface area contributed by atoms with E-state index in [-0.39, 0.29) is 18.1 Å². The zero-order valence-electron chi connectivity index (χ0n) is 14.7. The Balaban J connectivity index is 2.83. The smallest absolute Gasteiger partial charge is 0.297 e. The van der Waals surface area contributed by atoms with Crippen molar-refractivity contribution in [3.63, 3.8) is 0 Å². The summed E-state index contributed by atoms with van der Waals surface area (Å²) in [5, 5.41) is 0. The molecule has 0 amide bonds. The normalized spacial score (nSPS) is 15.9. The maximum Gasteiger partial charge on any atom is 0.297 e. The number of rotatable bonds is 11. The molecule has 0 spiro atoms. The minimum absolute atomic E-state index is 0.00342. The number of methoxy groups -OCH3 is 2. The first-order valence-corrected chi connectivity index (χ1v) is 8.98. The van der Waals surface area contributed by atoms with Crippen LogP contribution in [-0.4, -0.2) is 54.5 Å². The third kappa shape index (κ3) is 6.84. The molecular weight excluding hydrogens is 336 g/mol. The van der Waals surface area contributed by atoms with Gasteiger partial charge in [-0.3, -0.25) is 4.18 Å². The Morgan fingerprint density at radius 2 is 1.46 bits per heavy atom. The zero-order valence-corrected chi connectivity index (χ0v) is 15.5. The van der Waals surface area contributed by atoms with Gasteiger partial charge in [0.1, 0.15) is 6.10 Å². The predicted octanol–water partition coefficient (Wildman–Crippen LogP) is 2.09. The standard InChI is InChI=1S/C16H26O7S/c1-12-8-6-7-9-16(12)24(17,18)23-15(10-21-13(2)19-4)11-22-14(3)20-5/h6-9,13-15H,10-11H2,1-5H3. The Hall–Kier alpha value is -1.03. The summed E-state index contributed by atoms with van der Waals surface area (Å²) in [6.45, 7) is 5.10. The van der Waals surface area contributed by atoms with Gasteiger partial charge >= 0.3 is 0 Å². The van der Waals surface area contributed by atoms with Gasteiger partial charge in [-0.2, -0.15) is 8.42 Å². The average molecular weight is 362 g/mol. The lowest BCUT2D eigenvalue weighted by Gasteiger charge is -2.21. The second-order valence-electron chi connectivity index (χ2n) is 5.21. The van der Waals surface area contributed by atoms with Gasteiger partial charge in [-0.1, -0.05) is 18.2 Å². The van der Waals surface area contributed by atoms with E-state index in [2.05, 4.69) is 0 Å². The maximum absolute atomic E-state index is 12.5. The van der Waals surface area contributed by atoms with Crippen molar-refractivity contribution >= 4 is 10.1 Å². The number of benzene rings is 1. The molecule has 0 heterocycles. The van der Waals surface area contributed by atoms with Gasteiger partial charge in [0, 0.05) is 14.2 Å². The highest BCUT2D eigenvalue weighted by molar-refractivity contribution is 7.86. The van der Waals surface area contributed by atoms with E-state index in [1.807, 2.05) is 0 Å². The summed E-state index contributed by atoms with van der Waals surface area (Å²) < 4.78 is 51.1. The van der Waals surface area contributed by atoms with E-state index in [1.54, 1.807) is 39.0 Å². The lowest BCUT2D eigenvalue weighted by molar-refractivity contribution is -0.157. The quantitative estimate of drug-likeness (QED) is 0.440. The number of hydrogen-bond acceptors (Lipinski definition) is 7. The summed E-state index contributed by atoms with van der Waals surface area (Å²) in [6.07, 6.45) is -1.81. The van der Waals surface area contributed by atoms with Gasteiger partial charge in [-0.25, -0.2) is 0 Å². The second kappa shape index (κ2) is 10.1. The molecule has 0 radical (unpaired) electrons. The van der Waals surface area contributed by atoms with Gasteiger partial charge in [0.2, 0.25) is 0 Å². The summed E-state index contributed by atoms with van der Waals surface area (Å²) in [6, 6.07) is 6.61. The Kier molecular flexibility index (Phi) is 8.82. The van der Waals surface area contributed by atoms with Crippen LogP contribution in [0.4, 0.5) is 0 Å². The van der Waals surface area contributed by atoms with E-state index in [4.69, 9.17) is 23.1 Å². The van der Waals surface area contributed by atoms with E-state index in [0.717, 1.165) is 0 Å². The van der Waals surface area contributed by atoms with Gasteiger partial charge in [0.15, 0.2) is 12.6 Å². The summed E-state index contributed by atoms with van der Waals surface area (Å²) in [7, 11) is -0.953. The van der Waals surface area contributed by atoms with Crippen molar-refractivity contribution in [2.24, 2.45) is 0 Å². The molecule has 8 heteroatoms. The van der Waals surface area contributed by atoms with Crippen LogP contribution in [0.15, 0.2) is 29.2 Å². The molecule has 0 saturated carbocycles. The average Bonchev–Trinajstić information content (AvgIpc) is 2.56. The molecule has 0 aromatic heterocycles. The van der Waals surface area contributed by atoms with Crippen molar-refractivity contribution in [1.29, 1.82) is 0 Å². The fourth-order valence-corrected chi connectivity index (χ4v) is 3.07. The minimum atomic E-state index is -3.94. The van der Waals surface area contributed by atoms with Crippen molar-refractivity contribution in [2.45, 2.75) is 44.4 Å². The molecule has 0 aliphatic heterocycles. The zero-order chi connectivity index (χ0) is 18.2. The van der Waals surface area contributed by atoms with E-state index in [1.165, 1.54) is 20.3 Å². The number of aryl methyl sites for hydroxylation is 1. The van der Waals surface area contributed by atoms with Crippen LogP contribution in [0.5, 0.6) is 0 Å². The van der Waals surface area contributed by atoms with Crippen molar-refractivity contribution in [3.8, 4) is 0 Å². The molecule has 0 fully saturated rings. The highest BCUT2D eigenvalue weighted by Crippen LogP contribution is 2.19. The van der Waals surface area contributed by atoms with Crippen molar-refractivity contribution in [1.82, 2.24) is 0 Å². The number of ether oxygens (including phenoxy) is 4. The Bertz CT molecular complexity index is 574. The van der Waals surface area contributed by atoms with Crippen LogP contribution < -0.4 is 0 Å². The molecule has 0 bridgehead atoms. The molecule has 1 aromatic rings. The lowest BCUT2D eigenvalue weighted by Crippen LogP contribution is -2.32. The molecule has 24 heavy (non-hydrogen) atoms. The van der Waals surface area contributed by atoms with E-state index in [0.29, 0.717) is 5.56 Å². The number of hydrogen-bond donors (Lipinski definition) is 0. The van der Waals surface area contributed by atoms with Crippen LogP contribution in [0.3, 0.4) is 0 Å². The fourth-order valence-electron chi connectivity index (χ4n) is 1.79. The SMILES string of the molecule is COC(C)OCC(COC(C)OC)OS(=O)(=O)c1ccccc1C. The summed E-state index contributed by atoms with van der Waals surface area (Å²) in [4.78, 5) is 0.120. The third-order valence-electron chi connectivity index (χ3n) is 3.32. The minimum Gasteiger partial charge on any atom is -0.356 e. The molecule has 2 atom stereocenters. The van der Waals surface area contributed by atoms with Crippen molar-refractivity contribution < 1.29 is 31.5 Å². The highest BCUT2D eigenvalue weighted by Gasteiger charge is 2.25. The maximum atomic E-state index is 12.5. The first-order valence-electron chi connectivity index (χ1n) is 7.58. The summed E-state index contributed by atoms with van der Waals surface area (Å²) in [5.74, 6) is 0. The summed E-state index contributed by atoms with van der Waals surface area (Å²) >= 11 is 0. The van der Waals surface area contributed by atoms with Crippen LogP contribution in [0.1, 0.15) is 19.4 Å². The molecule has 0 aliphatic rings. The van der Waals surface area contributed by atoms with E-state index >= 15 is 0 Å². The molecule has 7 nitrogen and oxygen atoms in total. The molecule has 138 valence electrons. The predicted molar refractivity (Wildman–Crippen MR) is 88.1 cm³/mol. The molecule has 0 N–H and O–H groups in total. The van der Waals surface area contributed by atoms with Crippen LogP contribution in [0, 0.1) is 6.92 Å². The van der Waals surface area contributed by atoms with E-state index < -0.39 is 28.8 Å². The summed E-state index contributed by atoms with van der Waals surface area (Å²) in [5.41, 5.74) is 0.605. The van der Waals surface area contributed by atoms with Crippen LogP contribution in [0.25, 0.3) is 0 Å². The Morgan fingerprint density at radius 1 is 0.958 bits per heavy atom. The highest BCUT2D eigenvalue weighted by atomic mass is 32.2. The van der Waals surface area contributed by atoms with Crippen LogP contribution in [-0.2, 0) is 33.2 Å². The largest absolute Gasteiger partial charge is 0.356 e. The monoisotopic (exact) mass is 362 g/mol. The third-order valence-corrected chi connectivity index (χ3v) is 4.85. The topological polar surface area (TPSA) is 80.3 Å². The van der Waals surface area contributed by atoms with Gasteiger partial charge in [-0.05, 0) is 32.4 Å². The van der Waals surface area contributed by atoms with Crippen molar-refractivity contribution in [2.75, 3.05) is 27.4 Å². The molecule has 0 saturated heterocycles. The molecule has 1 rings (SSSR count). The van der Waals surface area contributed by atoms with Crippen molar-refractivity contribution in [3.05, 3.63) is 29.8 Å². The van der Waals surface area contributed by atoms with Gasteiger partial charge in [0.05, 0.1) is 18.1 Å². The van der Waals surface area contributed by atoms with Crippen LogP contribution in [0.2, 0.25) is 0 Å². The van der Waals surface area contributed by atoms with Gasteiger partial charge in [-0.15, -0.1) is 0 Å². The fraction of sp³-hybridized carbons (Fsp3) is 0.625. The Morgan fingerprint density at radius 3 is 1.92 bits per heavy atom. The van der Waals surface area contributed by atoms with Gasteiger partial charge < -0.3 is 18.9 Å². The Labute approximate surface area is 143 Å². The first-order chi connectivity index (χ1) is 11.3. The molecular formula is C16H26O7S. The van der Waals surface area contributed by atoms with Crippen LogP contribution >= 0.6 is 0 Å². The lowest BCUT2D eigenvalue weighted by atomic mass is 10.2. The second-order valence-corrected chi connectivity index (χ2v) is 6.75. The van der Waals surface area contributed by atoms with E-state index in [9.17, 15) is 8.42 Å². The van der Waals surface area contributed by atoms with Gasteiger partial charge in [0.25, 0.3) is 10.1 Å².